The number of nitrogens with zero attached hydrogens (tertiary/aromatic N) is 3. The SMILES string of the molecule is Fc1ccc(-c2cn3c4ccccc4[n+](CCN4CCCCC4)c3[nH]2)cc1. The molecule has 138 valence electrons. The van der Waals surface area contributed by atoms with Crippen molar-refractivity contribution in [2.75, 3.05) is 19.6 Å². The van der Waals surface area contributed by atoms with E-state index in [1.54, 1.807) is 0 Å². The number of halogens is 1. The number of likely N-dealkylation sites (tertiary alicyclic amines) is 1. The van der Waals surface area contributed by atoms with E-state index < -0.39 is 0 Å². The molecule has 4 nitrogen and oxygen atoms in total. The molecule has 2 aromatic heterocycles. The summed E-state index contributed by atoms with van der Waals surface area (Å²) in [6, 6.07) is 15.2. The van der Waals surface area contributed by atoms with Gasteiger partial charge in [0, 0.05) is 12.1 Å². The molecule has 0 atom stereocenters. The fraction of sp³-hybridized carbons (Fsp3) is 0.318. The summed E-state index contributed by atoms with van der Waals surface area (Å²) in [4.78, 5) is 6.13. The predicted molar refractivity (Wildman–Crippen MR) is 105 cm³/mol. The first kappa shape index (κ1) is 16.5. The molecule has 4 aromatic rings. The first-order chi connectivity index (χ1) is 13.3. The number of imidazole rings is 2. The lowest BCUT2D eigenvalue weighted by Gasteiger charge is -2.25. The first-order valence-electron chi connectivity index (χ1n) is 9.79. The Balaban J connectivity index is 1.55. The quantitative estimate of drug-likeness (QED) is 0.545. The van der Waals surface area contributed by atoms with Crippen LogP contribution in [0.25, 0.3) is 28.1 Å². The first-order valence-corrected chi connectivity index (χ1v) is 9.79. The Labute approximate surface area is 157 Å². The number of benzene rings is 2. The molecule has 27 heavy (non-hydrogen) atoms. The van der Waals surface area contributed by atoms with Crippen LogP contribution in [-0.2, 0) is 6.54 Å². The van der Waals surface area contributed by atoms with E-state index in [1.165, 1.54) is 55.5 Å². The molecule has 0 amide bonds. The van der Waals surface area contributed by atoms with Crippen LogP contribution in [0.1, 0.15) is 19.3 Å². The number of nitrogens with one attached hydrogen (secondary N) is 1. The number of hydrogen-bond acceptors (Lipinski definition) is 1. The average molecular weight is 363 g/mol. The molecular weight excluding hydrogens is 339 g/mol. The van der Waals surface area contributed by atoms with Crippen molar-refractivity contribution in [2.45, 2.75) is 25.8 Å². The summed E-state index contributed by atoms with van der Waals surface area (Å²) in [7, 11) is 0. The van der Waals surface area contributed by atoms with Crippen molar-refractivity contribution in [1.82, 2.24) is 14.3 Å². The molecular formula is C22H24FN4+. The second kappa shape index (κ2) is 6.82. The molecule has 3 heterocycles. The van der Waals surface area contributed by atoms with Gasteiger partial charge in [-0.1, -0.05) is 18.6 Å². The van der Waals surface area contributed by atoms with Gasteiger partial charge in [0.05, 0.1) is 6.54 Å². The minimum absolute atomic E-state index is 0.209. The maximum atomic E-state index is 13.3. The van der Waals surface area contributed by atoms with Crippen LogP contribution in [-0.4, -0.2) is 33.9 Å². The second-order valence-corrected chi connectivity index (χ2v) is 7.41. The van der Waals surface area contributed by atoms with Crippen LogP contribution in [0.4, 0.5) is 4.39 Å². The van der Waals surface area contributed by atoms with Gasteiger partial charge >= 0.3 is 5.78 Å². The van der Waals surface area contributed by atoms with Crippen molar-refractivity contribution < 1.29 is 8.96 Å². The molecule has 0 spiro atoms. The molecule has 1 N–H and O–H groups in total. The molecule has 1 fully saturated rings. The van der Waals surface area contributed by atoms with Gasteiger partial charge in [0.15, 0.2) is 0 Å². The number of para-hydroxylation sites is 2. The summed E-state index contributed by atoms with van der Waals surface area (Å²) in [5.74, 6) is 0.867. The third-order valence-corrected chi connectivity index (χ3v) is 5.66. The Morgan fingerprint density at radius 2 is 1.74 bits per heavy atom. The van der Waals surface area contributed by atoms with E-state index in [4.69, 9.17) is 0 Å². The van der Waals surface area contributed by atoms with Crippen LogP contribution in [0.2, 0.25) is 0 Å². The van der Waals surface area contributed by atoms with Gasteiger partial charge in [-0.05, 0) is 62.3 Å². The number of piperidine rings is 1. The van der Waals surface area contributed by atoms with Crippen LogP contribution in [0.3, 0.4) is 0 Å². The van der Waals surface area contributed by atoms with Gasteiger partial charge in [-0.2, -0.15) is 4.40 Å². The zero-order chi connectivity index (χ0) is 18.2. The Morgan fingerprint density at radius 3 is 2.56 bits per heavy atom. The monoisotopic (exact) mass is 363 g/mol. The minimum Gasteiger partial charge on any atom is -0.300 e. The Hall–Kier alpha value is -2.66. The van der Waals surface area contributed by atoms with Gasteiger partial charge in [-0.3, -0.25) is 0 Å². The van der Waals surface area contributed by atoms with Crippen LogP contribution in [0, 0.1) is 5.82 Å². The Morgan fingerprint density at radius 1 is 0.963 bits per heavy atom. The molecule has 1 saturated heterocycles. The number of fused-ring (bicyclic) bond motifs is 3. The predicted octanol–water partition coefficient (Wildman–Crippen LogP) is 4.00. The van der Waals surface area contributed by atoms with Crippen molar-refractivity contribution in [1.29, 1.82) is 0 Å². The molecule has 0 saturated carbocycles. The van der Waals surface area contributed by atoms with Crippen molar-refractivity contribution in [3.05, 3.63) is 60.5 Å². The van der Waals surface area contributed by atoms with Gasteiger partial charge in [-0.25, -0.2) is 13.9 Å². The van der Waals surface area contributed by atoms with Crippen LogP contribution >= 0.6 is 0 Å². The number of aromatic amines is 1. The van der Waals surface area contributed by atoms with E-state index in [9.17, 15) is 4.39 Å². The number of rotatable bonds is 4. The van der Waals surface area contributed by atoms with Gasteiger partial charge in [0.2, 0.25) is 0 Å². The van der Waals surface area contributed by atoms with Gasteiger partial charge in [0.25, 0.3) is 0 Å². The lowest BCUT2D eigenvalue weighted by Crippen LogP contribution is -2.42. The van der Waals surface area contributed by atoms with E-state index in [-0.39, 0.29) is 5.82 Å². The van der Waals surface area contributed by atoms with Crippen LogP contribution < -0.4 is 4.57 Å². The maximum absolute atomic E-state index is 13.3. The van der Waals surface area contributed by atoms with Gasteiger partial charge in [-0.15, -0.1) is 0 Å². The molecule has 0 radical (unpaired) electrons. The number of H-pyrrole nitrogens is 1. The molecule has 0 bridgehead atoms. The minimum atomic E-state index is -0.209. The average Bonchev–Trinajstić information content (AvgIpc) is 3.26. The molecule has 5 heteroatoms. The standard InChI is InChI=1S/C22H23FN4/c23-18-10-8-17(9-11-18)19-16-27-21-7-3-2-6-20(21)26(22(27)24-19)15-14-25-12-4-1-5-13-25/h2-3,6-11,16H,1,4-5,12-15H2/p+1. The van der Waals surface area contributed by atoms with Crippen molar-refractivity contribution in [3.63, 3.8) is 0 Å². The van der Waals surface area contributed by atoms with Crippen molar-refractivity contribution >= 4 is 16.8 Å². The van der Waals surface area contributed by atoms with E-state index >= 15 is 0 Å². The smallest absolute Gasteiger partial charge is 0.300 e. The van der Waals surface area contributed by atoms with Crippen molar-refractivity contribution in [2.24, 2.45) is 0 Å². The van der Waals surface area contributed by atoms with Crippen LogP contribution in [0.5, 0.6) is 0 Å². The fourth-order valence-corrected chi connectivity index (χ4v) is 4.22. The summed E-state index contributed by atoms with van der Waals surface area (Å²) in [6.45, 7) is 4.45. The normalized spacial score (nSPS) is 15.7. The van der Waals surface area contributed by atoms with E-state index in [0.29, 0.717) is 0 Å². The molecule has 1 aliphatic rings. The fourth-order valence-electron chi connectivity index (χ4n) is 4.22. The van der Waals surface area contributed by atoms with E-state index in [1.807, 2.05) is 12.1 Å². The highest BCUT2D eigenvalue weighted by molar-refractivity contribution is 5.76. The van der Waals surface area contributed by atoms with Gasteiger partial charge in [0.1, 0.15) is 28.7 Å². The molecule has 1 aliphatic heterocycles. The largest absolute Gasteiger partial charge is 0.368 e. The molecule has 0 unspecified atom stereocenters. The summed E-state index contributed by atoms with van der Waals surface area (Å²) in [5.41, 5.74) is 4.43. The van der Waals surface area contributed by atoms with E-state index in [2.05, 4.69) is 49.3 Å². The number of hydrogen-bond donors (Lipinski definition) is 1. The summed E-state index contributed by atoms with van der Waals surface area (Å²) < 4.78 is 17.9. The van der Waals surface area contributed by atoms with E-state index in [0.717, 1.165) is 30.1 Å². The zero-order valence-corrected chi connectivity index (χ0v) is 15.4. The highest BCUT2D eigenvalue weighted by Crippen LogP contribution is 2.22. The van der Waals surface area contributed by atoms with Gasteiger partial charge < -0.3 is 4.90 Å². The third-order valence-electron chi connectivity index (χ3n) is 5.66. The Kier molecular flexibility index (Phi) is 4.17. The molecule has 5 rings (SSSR count). The number of aromatic nitrogens is 3. The third kappa shape index (κ3) is 3.02. The second-order valence-electron chi connectivity index (χ2n) is 7.41. The van der Waals surface area contributed by atoms with Crippen LogP contribution in [0.15, 0.2) is 54.7 Å². The summed E-state index contributed by atoms with van der Waals surface area (Å²) in [5, 5.41) is 0. The molecule has 2 aromatic carbocycles. The van der Waals surface area contributed by atoms with Crippen molar-refractivity contribution in [3.8, 4) is 11.3 Å². The molecule has 0 aliphatic carbocycles. The zero-order valence-electron chi connectivity index (χ0n) is 15.4. The highest BCUT2D eigenvalue weighted by atomic mass is 19.1. The maximum Gasteiger partial charge on any atom is 0.368 e. The lowest BCUT2D eigenvalue weighted by molar-refractivity contribution is -0.647. The summed E-state index contributed by atoms with van der Waals surface area (Å²) >= 11 is 0. The topological polar surface area (TPSA) is 27.3 Å². The summed E-state index contributed by atoms with van der Waals surface area (Å²) in [6.07, 6.45) is 6.10. The highest BCUT2D eigenvalue weighted by Gasteiger charge is 2.22. The lowest BCUT2D eigenvalue weighted by atomic mass is 10.1. The Bertz CT molecular complexity index is 1070.